The number of hydrogen-bond acceptors (Lipinski definition) is 3. The quantitative estimate of drug-likeness (QED) is 0.411. The smallest absolute Gasteiger partial charge is 0.384 e. The maximum Gasteiger partial charge on any atom is 0.384 e. The van der Waals surface area contributed by atoms with Gasteiger partial charge < -0.3 is 4.74 Å². The van der Waals surface area contributed by atoms with Crippen molar-refractivity contribution in [1.82, 2.24) is 0 Å². The molecular formula is C5H6F2O3. The number of rotatable bonds is 1. The Balaban J connectivity index is 3.99. The highest BCUT2D eigenvalue weighted by atomic mass is 19.3. The van der Waals surface area contributed by atoms with Gasteiger partial charge in [-0.1, -0.05) is 0 Å². The van der Waals surface area contributed by atoms with E-state index in [0.29, 0.717) is 6.92 Å². The molecule has 0 saturated heterocycles. The van der Waals surface area contributed by atoms with E-state index in [1.54, 1.807) is 0 Å². The van der Waals surface area contributed by atoms with Gasteiger partial charge in [0.15, 0.2) is 0 Å². The Kier molecular flexibility index (Phi) is 2.45. The number of carbonyl (C=O) groups excluding carboxylic acids is 2. The molecule has 58 valence electrons. The van der Waals surface area contributed by atoms with E-state index in [4.69, 9.17) is 0 Å². The molecule has 0 saturated carbocycles. The van der Waals surface area contributed by atoms with Crippen LogP contribution < -0.4 is 0 Å². The lowest BCUT2D eigenvalue weighted by molar-refractivity contribution is -0.175. The van der Waals surface area contributed by atoms with Crippen molar-refractivity contribution in [2.75, 3.05) is 0 Å². The second-order valence-electron chi connectivity index (χ2n) is 1.77. The molecule has 0 bridgehead atoms. The van der Waals surface area contributed by atoms with E-state index >= 15 is 0 Å². The summed E-state index contributed by atoms with van der Waals surface area (Å²) in [4.78, 5) is 20.0. The molecule has 0 heterocycles. The second-order valence-corrected chi connectivity index (χ2v) is 1.77. The number of hydrogen-bond donors (Lipinski definition) is 0. The van der Waals surface area contributed by atoms with Crippen LogP contribution in [0.3, 0.4) is 0 Å². The van der Waals surface area contributed by atoms with Crippen molar-refractivity contribution in [3.8, 4) is 0 Å². The van der Waals surface area contributed by atoms with E-state index in [1.165, 1.54) is 0 Å². The van der Waals surface area contributed by atoms with Gasteiger partial charge in [0.25, 0.3) is 0 Å². The summed E-state index contributed by atoms with van der Waals surface area (Å²) in [5, 5.41) is 0. The fraction of sp³-hybridized carbons (Fsp3) is 0.600. The van der Waals surface area contributed by atoms with Crippen molar-refractivity contribution in [2.24, 2.45) is 0 Å². The molecule has 10 heavy (non-hydrogen) atoms. The zero-order chi connectivity index (χ0) is 8.36. The van der Waals surface area contributed by atoms with Gasteiger partial charge in [-0.05, 0) is 0 Å². The molecule has 0 aliphatic rings. The standard InChI is InChI=1S/C5H6F2O3/c1-3(8)10-4(9)5(2,6)7/h1-2H3. The molecule has 0 aromatic heterocycles. The molecule has 0 atom stereocenters. The van der Waals surface area contributed by atoms with E-state index < -0.39 is 17.9 Å². The Bertz CT molecular complexity index is 159. The van der Waals surface area contributed by atoms with Gasteiger partial charge in [0.05, 0.1) is 0 Å². The molecule has 0 unspecified atom stereocenters. The van der Waals surface area contributed by atoms with E-state index in [9.17, 15) is 18.4 Å². The first-order chi connectivity index (χ1) is 4.34. The number of esters is 2. The molecule has 0 amide bonds. The van der Waals surface area contributed by atoms with Crippen LogP contribution in [0.5, 0.6) is 0 Å². The maximum atomic E-state index is 11.8. The molecule has 0 spiro atoms. The molecular weight excluding hydrogens is 146 g/mol. The minimum atomic E-state index is -3.59. The van der Waals surface area contributed by atoms with Crippen molar-refractivity contribution in [1.29, 1.82) is 0 Å². The zero-order valence-electron chi connectivity index (χ0n) is 5.48. The first-order valence-electron chi connectivity index (χ1n) is 2.44. The summed E-state index contributed by atoms with van der Waals surface area (Å²) in [6, 6.07) is 0. The molecule has 0 N–H and O–H groups in total. The van der Waals surface area contributed by atoms with Gasteiger partial charge in [0, 0.05) is 13.8 Å². The molecule has 0 aromatic rings. The predicted molar refractivity (Wildman–Crippen MR) is 27.4 cm³/mol. The largest absolute Gasteiger partial charge is 0.389 e. The van der Waals surface area contributed by atoms with Crippen molar-refractivity contribution in [3.63, 3.8) is 0 Å². The van der Waals surface area contributed by atoms with Crippen LogP contribution >= 0.6 is 0 Å². The minimum Gasteiger partial charge on any atom is -0.389 e. The minimum absolute atomic E-state index is 0.359. The fourth-order valence-corrected chi connectivity index (χ4v) is 0.220. The van der Waals surface area contributed by atoms with Crippen LogP contribution in [0.15, 0.2) is 0 Å². The van der Waals surface area contributed by atoms with Crippen LogP contribution in [0, 0.1) is 0 Å². The summed E-state index contributed by atoms with van der Waals surface area (Å²) < 4.78 is 27.3. The van der Waals surface area contributed by atoms with Gasteiger partial charge in [0.1, 0.15) is 0 Å². The Labute approximate surface area is 56.0 Å². The van der Waals surface area contributed by atoms with Crippen LogP contribution in [-0.4, -0.2) is 17.9 Å². The highest BCUT2D eigenvalue weighted by molar-refractivity contribution is 5.88. The number of carbonyl (C=O) groups is 2. The Morgan fingerprint density at radius 1 is 1.40 bits per heavy atom. The Hall–Kier alpha value is -1.00. The summed E-state index contributed by atoms with van der Waals surface area (Å²) in [7, 11) is 0. The molecule has 0 radical (unpaired) electrons. The van der Waals surface area contributed by atoms with E-state index in [0.717, 1.165) is 6.92 Å². The van der Waals surface area contributed by atoms with Gasteiger partial charge in [0.2, 0.25) is 0 Å². The maximum absolute atomic E-state index is 11.8. The summed E-state index contributed by atoms with van der Waals surface area (Å²) in [5.41, 5.74) is 0. The van der Waals surface area contributed by atoms with E-state index in [2.05, 4.69) is 4.74 Å². The van der Waals surface area contributed by atoms with Crippen molar-refractivity contribution in [3.05, 3.63) is 0 Å². The van der Waals surface area contributed by atoms with Crippen LogP contribution in [0.1, 0.15) is 13.8 Å². The highest BCUT2D eigenvalue weighted by Gasteiger charge is 2.35. The zero-order valence-corrected chi connectivity index (χ0v) is 5.48. The molecule has 0 aliphatic carbocycles. The van der Waals surface area contributed by atoms with Crippen LogP contribution in [0.4, 0.5) is 8.78 Å². The van der Waals surface area contributed by atoms with Gasteiger partial charge in [-0.3, -0.25) is 4.79 Å². The van der Waals surface area contributed by atoms with Gasteiger partial charge in [-0.2, -0.15) is 8.78 Å². The fourth-order valence-electron chi connectivity index (χ4n) is 0.220. The highest BCUT2D eigenvalue weighted by Crippen LogP contribution is 2.13. The first kappa shape index (κ1) is 9.00. The summed E-state index contributed by atoms with van der Waals surface area (Å²) in [6.45, 7) is 1.24. The normalized spacial score (nSPS) is 10.8. The third-order valence-corrected chi connectivity index (χ3v) is 0.595. The topological polar surface area (TPSA) is 43.4 Å². The van der Waals surface area contributed by atoms with Crippen molar-refractivity contribution < 1.29 is 23.1 Å². The van der Waals surface area contributed by atoms with Gasteiger partial charge in [-0.25, -0.2) is 4.79 Å². The summed E-state index contributed by atoms with van der Waals surface area (Å²) >= 11 is 0. The molecule has 5 heteroatoms. The van der Waals surface area contributed by atoms with Crippen LogP contribution in [-0.2, 0) is 14.3 Å². The first-order valence-corrected chi connectivity index (χ1v) is 2.44. The molecule has 0 rings (SSSR count). The SMILES string of the molecule is CC(=O)OC(=O)C(C)(F)F. The lowest BCUT2D eigenvalue weighted by atomic mass is 10.4. The summed E-state index contributed by atoms with van der Waals surface area (Å²) in [6.07, 6.45) is 0. The predicted octanol–water partition coefficient (Wildman–Crippen LogP) is 0.731. The second kappa shape index (κ2) is 2.72. The average Bonchev–Trinajstić information content (AvgIpc) is 1.60. The molecule has 0 fully saturated rings. The number of ether oxygens (including phenoxy) is 1. The third-order valence-electron chi connectivity index (χ3n) is 0.595. The molecule has 0 aliphatic heterocycles. The van der Waals surface area contributed by atoms with Gasteiger partial charge >= 0.3 is 17.9 Å². The summed E-state index contributed by atoms with van der Waals surface area (Å²) in [5.74, 6) is -6.45. The lowest BCUT2D eigenvalue weighted by Gasteiger charge is -2.05. The van der Waals surface area contributed by atoms with E-state index in [1.807, 2.05) is 0 Å². The molecule has 3 nitrogen and oxygen atoms in total. The Morgan fingerprint density at radius 3 is 1.90 bits per heavy atom. The van der Waals surface area contributed by atoms with Crippen molar-refractivity contribution in [2.45, 2.75) is 19.8 Å². The monoisotopic (exact) mass is 152 g/mol. The van der Waals surface area contributed by atoms with Crippen molar-refractivity contribution >= 4 is 11.9 Å². The third kappa shape index (κ3) is 3.11. The van der Waals surface area contributed by atoms with E-state index in [-0.39, 0.29) is 0 Å². The molecule has 0 aromatic carbocycles. The Morgan fingerprint density at radius 2 is 1.80 bits per heavy atom. The lowest BCUT2D eigenvalue weighted by Crippen LogP contribution is -2.28. The van der Waals surface area contributed by atoms with Gasteiger partial charge in [-0.15, -0.1) is 0 Å². The van der Waals surface area contributed by atoms with Crippen LogP contribution in [0.2, 0.25) is 0 Å². The van der Waals surface area contributed by atoms with Crippen LogP contribution in [0.25, 0.3) is 0 Å². The number of alkyl halides is 2. The average molecular weight is 152 g/mol. The number of halogens is 2.